The Bertz CT molecular complexity index is 129. The van der Waals surface area contributed by atoms with Crippen LogP contribution in [0.1, 0.15) is 32.6 Å². The molecule has 0 aliphatic heterocycles. The van der Waals surface area contributed by atoms with Crippen LogP contribution in [0.25, 0.3) is 0 Å². The van der Waals surface area contributed by atoms with Crippen molar-refractivity contribution in [2.75, 3.05) is 0 Å². The largest absolute Gasteiger partial charge is 0.393 e. The fraction of sp³-hybridized carbons (Fsp3) is 0.778. The van der Waals surface area contributed by atoms with Gasteiger partial charge >= 0.3 is 0 Å². The minimum atomic E-state index is -0.0598. The number of hydrogen-bond donors (Lipinski definition) is 1. The molecular formula is C9H16O. The Hall–Kier alpha value is -0.300. The van der Waals surface area contributed by atoms with Gasteiger partial charge in [0.2, 0.25) is 0 Å². The van der Waals surface area contributed by atoms with E-state index in [1.54, 1.807) is 0 Å². The Balaban J connectivity index is 2.45. The summed E-state index contributed by atoms with van der Waals surface area (Å²) in [7, 11) is 0. The van der Waals surface area contributed by atoms with E-state index in [0.717, 1.165) is 25.7 Å². The molecule has 1 nitrogen and oxygen atoms in total. The van der Waals surface area contributed by atoms with E-state index in [1.807, 2.05) is 0 Å². The quantitative estimate of drug-likeness (QED) is 0.553. The van der Waals surface area contributed by atoms with Gasteiger partial charge in [-0.3, -0.25) is 0 Å². The second-order valence-corrected chi connectivity index (χ2v) is 3.19. The summed E-state index contributed by atoms with van der Waals surface area (Å²) in [6.07, 6.45) is 3.97. The monoisotopic (exact) mass is 140 g/mol. The minimum Gasteiger partial charge on any atom is -0.393 e. The van der Waals surface area contributed by atoms with Crippen LogP contribution in [-0.2, 0) is 0 Å². The van der Waals surface area contributed by atoms with Gasteiger partial charge in [0, 0.05) is 0 Å². The first kappa shape index (κ1) is 7.80. The van der Waals surface area contributed by atoms with Gasteiger partial charge in [-0.25, -0.2) is 0 Å². The van der Waals surface area contributed by atoms with Crippen molar-refractivity contribution < 1.29 is 5.11 Å². The molecule has 0 radical (unpaired) electrons. The molecule has 0 aromatic heterocycles. The summed E-state index contributed by atoms with van der Waals surface area (Å²) in [5.74, 6) is 0.587. The highest BCUT2D eigenvalue weighted by Crippen LogP contribution is 2.30. The second kappa shape index (κ2) is 3.20. The summed E-state index contributed by atoms with van der Waals surface area (Å²) in [5, 5.41) is 9.29. The molecule has 0 heterocycles. The van der Waals surface area contributed by atoms with Gasteiger partial charge in [0.15, 0.2) is 0 Å². The Kier molecular flexibility index (Phi) is 2.50. The molecule has 2 unspecified atom stereocenters. The molecule has 0 aromatic carbocycles. The van der Waals surface area contributed by atoms with Crippen molar-refractivity contribution >= 4 is 0 Å². The maximum atomic E-state index is 9.29. The van der Waals surface area contributed by atoms with Crippen molar-refractivity contribution in [1.82, 2.24) is 0 Å². The molecular weight excluding hydrogens is 124 g/mol. The lowest BCUT2D eigenvalue weighted by atomic mass is 9.82. The van der Waals surface area contributed by atoms with Gasteiger partial charge in [-0.2, -0.15) is 0 Å². The number of aliphatic hydroxyl groups is 1. The third-order valence-electron chi connectivity index (χ3n) is 2.43. The van der Waals surface area contributed by atoms with Gasteiger partial charge in [-0.05, 0) is 31.6 Å². The lowest BCUT2D eigenvalue weighted by Gasteiger charge is -2.27. The molecule has 0 spiro atoms. The lowest BCUT2D eigenvalue weighted by molar-refractivity contribution is 0.121. The molecule has 1 saturated carbocycles. The van der Waals surface area contributed by atoms with Crippen LogP contribution in [0.15, 0.2) is 12.2 Å². The van der Waals surface area contributed by atoms with Crippen LogP contribution >= 0.6 is 0 Å². The summed E-state index contributed by atoms with van der Waals surface area (Å²) in [6.45, 7) is 6.15. The van der Waals surface area contributed by atoms with Gasteiger partial charge in [-0.1, -0.05) is 19.1 Å². The van der Waals surface area contributed by atoms with E-state index in [-0.39, 0.29) is 6.10 Å². The smallest absolute Gasteiger partial charge is 0.0549 e. The van der Waals surface area contributed by atoms with E-state index >= 15 is 0 Å². The minimum absolute atomic E-state index is 0.0598. The standard InChI is InChI=1S/C9H16O/c1-3-8-6-9(10)5-4-7(8)2/h8-10H,2-6H2,1H3. The predicted octanol–water partition coefficient (Wildman–Crippen LogP) is 2.11. The predicted molar refractivity (Wildman–Crippen MR) is 42.8 cm³/mol. The van der Waals surface area contributed by atoms with Crippen molar-refractivity contribution in [3.8, 4) is 0 Å². The van der Waals surface area contributed by atoms with Crippen LogP contribution in [0, 0.1) is 5.92 Å². The molecule has 58 valence electrons. The van der Waals surface area contributed by atoms with Crippen LogP contribution in [0.2, 0.25) is 0 Å². The molecule has 2 atom stereocenters. The van der Waals surface area contributed by atoms with Gasteiger partial charge in [0.05, 0.1) is 6.10 Å². The summed E-state index contributed by atoms with van der Waals surface area (Å²) >= 11 is 0. The summed E-state index contributed by atoms with van der Waals surface area (Å²) < 4.78 is 0. The molecule has 1 heteroatoms. The van der Waals surface area contributed by atoms with E-state index in [0.29, 0.717) is 5.92 Å². The van der Waals surface area contributed by atoms with Crippen LogP contribution in [0.3, 0.4) is 0 Å². The maximum absolute atomic E-state index is 9.29. The maximum Gasteiger partial charge on any atom is 0.0549 e. The molecule has 0 bridgehead atoms. The normalized spacial score (nSPS) is 34.4. The van der Waals surface area contributed by atoms with Crippen molar-refractivity contribution in [2.45, 2.75) is 38.7 Å². The Morgan fingerprint density at radius 2 is 2.40 bits per heavy atom. The van der Waals surface area contributed by atoms with Crippen molar-refractivity contribution in [2.24, 2.45) is 5.92 Å². The second-order valence-electron chi connectivity index (χ2n) is 3.19. The molecule has 0 aromatic rings. The lowest BCUT2D eigenvalue weighted by Crippen LogP contribution is -2.20. The third kappa shape index (κ3) is 1.60. The van der Waals surface area contributed by atoms with Gasteiger partial charge in [0.1, 0.15) is 0 Å². The van der Waals surface area contributed by atoms with Crippen molar-refractivity contribution in [1.29, 1.82) is 0 Å². The van der Waals surface area contributed by atoms with Gasteiger partial charge < -0.3 is 5.11 Å². The fourth-order valence-corrected chi connectivity index (χ4v) is 1.62. The van der Waals surface area contributed by atoms with E-state index in [1.165, 1.54) is 5.57 Å². The zero-order chi connectivity index (χ0) is 7.56. The third-order valence-corrected chi connectivity index (χ3v) is 2.43. The average molecular weight is 140 g/mol. The van der Waals surface area contributed by atoms with Crippen LogP contribution in [0.5, 0.6) is 0 Å². The molecule has 1 fully saturated rings. The highest BCUT2D eigenvalue weighted by Gasteiger charge is 2.21. The zero-order valence-electron chi connectivity index (χ0n) is 6.64. The molecule has 0 saturated heterocycles. The van der Waals surface area contributed by atoms with Crippen LogP contribution in [0.4, 0.5) is 0 Å². The van der Waals surface area contributed by atoms with Crippen LogP contribution in [-0.4, -0.2) is 11.2 Å². The molecule has 1 aliphatic rings. The SMILES string of the molecule is C=C1CCC(O)CC1CC. The zero-order valence-corrected chi connectivity index (χ0v) is 6.64. The van der Waals surface area contributed by atoms with Crippen molar-refractivity contribution in [3.05, 3.63) is 12.2 Å². The molecule has 0 amide bonds. The molecule has 1 N–H and O–H groups in total. The van der Waals surface area contributed by atoms with Crippen LogP contribution < -0.4 is 0 Å². The van der Waals surface area contributed by atoms with Crippen molar-refractivity contribution in [3.63, 3.8) is 0 Å². The first-order valence-corrected chi connectivity index (χ1v) is 4.09. The Morgan fingerprint density at radius 3 is 2.90 bits per heavy atom. The molecule has 1 rings (SSSR count). The number of hydrogen-bond acceptors (Lipinski definition) is 1. The Morgan fingerprint density at radius 1 is 1.70 bits per heavy atom. The highest BCUT2D eigenvalue weighted by molar-refractivity contribution is 5.04. The number of aliphatic hydroxyl groups excluding tert-OH is 1. The first-order chi connectivity index (χ1) is 4.74. The fourth-order valence-electron chi connectivity index (χ4n) is 1.62. The van der Waals surface area contributed by atoms with E-state index < -0.39 is 0 Å². The number of rotatable bonds is 1. The summed E-state index contributed by atoms with van der Waals surface area (Å²) in [5.41, 5.74) is 1.34. The van der Waals surface area contributed by atoms with E-state index in [4.69, 9.17) is 0 Å². The average Bonchev–Trinajstić information content (AvgIpc) is 1.94. The highest BCUT2D eigenvalue weighted by atomic mass is 16.3. The van der Waals surface area contributed by atoms with E-state index in [2.05, 4.69) is 13.5 Å². The molecule has 10 heavy (non-hydrogen) atoms. The summed E-state index contributed by atoms with van der Waals surface area (Å²) in [6, 6.07) is 0. The molecule has 1 aliphatic carbocycles. The summed E-state index contributed by atoms with van der Waals surface area (Å²) in [4.78, 5) is 0. The number of allylic oxidation sites excluding steroid dienone is 1. The van der Waals surface area contributed by atoms with Gasteiger partial charge in [-0.15, -0.1) is 0 Å². The Labute approximate surface area is 62.8 Å². The first-order valence-electron chi connectivity index (χ1n) is 4.09. The van der Waals surface area contributed by atoms with E-state index in [9.17, 15) is 5.11 Å². The topological polar surface area (TPSA) is 20.2 Å². The van der Waals surface area contributed by atoms with Gasteiger partial charge in [0.25, 0.3) is 0 Å².